The van der Waals surface area contributed by atoms with Crippen molar-refractivity contribution >= 4 is 11.6 Å². The van der Waals surface area contributed by atoms with Crippen molar-refractivity contribution in [2.24, 2.45) is 5.92 Å². The smallest absolute Gasteiger partial charge is 0.242 e. The molecular weight excluding hydrogens is 292 g/mol. The lowest BCUT2D eigenvalue weighted by molar-refractivity contribution is -0.118. The molecule has 1 N–H and O–H groups in total. The molecule has 118 valence electrons. The Morgan fingerprint density at radius 2 is 1.96 bits per heavy atom. The summed E-state index contributed by atoms with van der Waals surface area (Å²) in [5.41, 5.74) is 1.41. The summed E-state index contributed by atoms with van der Waals surface area (Å²) in [6.45, 7) is 0. The molecule has 0 saturated heterocycles. The average Bonchev–Trinajstić information content (AvgIpc) is 2.60. The van der Waals surface area contributed by atoms with Gasteiger partial charge in [0.25, 0.3) is 0 Å². The number of carbonyl (C=O) groups excluding carboxylic acids is 1. The van der Waals surface area contributed by atoms with Crippen molar-refractivity contribution in [3.63, 3.8) is 0 Å². The molecule has 0 radical (unpaired) electrons. The Labute approximate surface area is 135 Å². The first-order valence-electron chi connectivity index (χ1n) is 7.14. The van der Waals surface area contributed by atoms with E-state index in [4.69, 9.17) is 9.47 Å². The monoisotopic (exact) mass is 310 g/mol. The normalized spacial score (nSPS) is 11.2. The highest BCUT2D eigenvalue weighted by Crippen LogP contribution is 2.24. The van der Waals surface area contributed by atoms with Gasteiger partial charge in [0.2, 0.25) is 5.91 Å². The molecular formula is C18H18N2O3. The molecule has 0 aliphatic rings. The molecule has 0 aliphatic heterocycles. The Hall–Kier alpha value is -3.00. The molecule has 5 nitrogen and oxygen atoms in total. The molecule has 0 bridgehead atoms. The van der Waals surface area contributed by atoms with Gasteiger partial charge in [0.15, 0.2) is 0 Å². The SMILES string of the molecule is COc1cccc(C[C@@H](C#N)C(=O)Nc2ccccc2OC)c1. The van der Waals surface area contributed by atoms with Crippen molar-refractivity contribution in [2.45, 2.75) is 6.42 Å². The maximum atomic E-state index is 12.4. The molecule has 1 atom stereocenters. The minimum Gasteiger partial charge on any atom is -0.497 e. The van der Waals surface area contributed by atoms with Crippen molar-refractivity contribution in [3.05, 3.63) is 54.1 Å². The van der Waals surface area contributed by atoms with Crippen LogP contribution in [0.2, 0.25) is 0 Å². The van der Waals surface area contributed by atoms with Crippen molar-refractivity contribution in [1.82, 2.24) is 0 Å². The molecule has 0 spiro atoms. The fourth-order valence-corrected chi connectivity index (χ4v) is 2.20. The fraction of sp³-hybridized carbons (Fsp3) is 0.222. The highest BCUT2D eigenvalue weighted by atomic mass is 16.5. The van der Waals surface area contributed by atoms with Crippen LogP contribution in [0.25, 0.3) is 0 Å². The van der Waals surface area contributed by atoms with E-state index in [2.05, 4.69) is 11.4 Å². The first kappa shape index (κ1) is 16.4. The number of anilines is 1. The number of para-hydroxylation sites is 2. The Bertz CT molecular complexity index is 722. The summed E-state index contributed by atoms with van der Waals surface area (Å²) in [4.78, 5) is 12.4. The summed E-state index contributed by atoms with van der Waals surface area (Å²) < 4.78 is 10.4. The van der Waals surface area contributed by atoms with E-state index < -0.39 is 5.92 Å². The second kappa shape index (κ2) is 7.85. The third-order valence-corrected chi connectivity index (χ3v) is 3.41. The fourth-order valence-electron chi connectivity index (χ4n) is 2.20. The standard InChI is InChI=1S/C18H18N2O3/c1-22-15-7-5-6-13(11-15)10-14(12-19)18(21)20-16-8-3-4-9-17(16)23-2/h3-9,11,14H,10H2,1-2H3,(H,20,21)/t14-/m0/s1. The van der Waals surface area contributed by atoms with Gasteiger partial charge in [-0.25, -0.2) is 0 Å². The summed E-state index contributed by atoms with van der Waals surface area (Å²) in [6.07, 6.45) is 0.314. The predicted molar refractivity (Wildman–Crippen MR) is 87.4 cm³/mol. The average molecular weight is 310 g/mol. The van der Waals surface area contributed by atoms with E-state index in [0.717, 1.165) is 5.56 Å². The Balaban J connectivity index is 2.11. The van der Waals surface area contributed by atoms with Gasteiger partial charge in [-0.15, -0.1) is 0 Å². The predicted octanol–water partition coefficient (Wildman–Crippen LogP) is 3.02. The van der Waals surface area contributed by atoms with Crippen LogP contribution in [-0.4, -0.2) is 20.1 Å². The number of hydrogen-bond acceptors (Lipinski definition) is 4. The van der Waals surface area contributed by atoms with Gasteiger partial charge in [0.1, 0.15) is 17.4 Å². The molecule has 0 saturated carbocycles. The largest absolute Gasteiger partial charge is 0.497 e. The maximum absolute atomic E-state index is 12.4. The lowest BCUT2D eigenvalue weighted by atomic mass is 9.99. The molecule has 1 amide bonds. The summed E-state index contributed by atoms with van der Waals surface area (Å²) in [6, 6.07) is 16.5. The van der Waals surface area contributed by atoms with Crippen LogP contribution >= 0.6 is 0 Å². The first-order valence-corrected chi connectivity index (χ1v) is 7.14. The Morgan fingerprint density at radius 1 is 1.17 bits per heavy atom. The van der Waals surface area contributed by atoms with Crippen LogP contribution in [0.15, 0.2) is 48.5 Å². The molecule has 0 aliphatic carbocycles. The number of nitriles is 1. The van der Waals surface area contributed by atoms with Gasteiger partial charge in [0, 0.05) is 0 Å². The topological polar surface area (TPSA) is 71.3 Å². The number of ether oxygens (including phenoxy) is 2. The summed E-state index contributed by atoms with van der Waals surface area (Å²) in [5.74, 6) is 0.0927. The van der Waals surface area contributed by atoms with Crippen LogP contribution in [-0.2, 0) is 11.2 Å². The van der Waals surface area contributed by atoms with E-state index in [1.165, 1.54) is 7.11 Å². The lowest BCUT2D eigenvalue weighted by Crippen LogP contribution is -2.23. The van der Waals surface area contributed by atoms with Gasteiger partial charge in [-0.1, -0.05) is 24.3 Å². The number of carbonyl (C=O) groups is 1. The first-order chi connectivity index (χ1) is 11.2. The maximum Gasteiger partial charge on any atom is 0.242 e. The Morgan fingerprint density at radius 3 is 2.65 bits per heavy atom. The summed E-state index contributed by atoms with van der Waals surface area (Å²) in [7, 11) is 3.11. The number of benzene rings is 2. The van der Waals surface area contributed by atoms with E-state index in [0.29, 0.717) is 23.6 Å². The molecule has 0 aromatic heterocycles. The van der Waals surface area contributed by atoms with Crippen LogP contribution in [0.1, 0.15) is 5.56 Å². The number of rotatable bonds is 6. The molecule has 0 heterocycles. The summed E-state index contributed by atoms with van der Waals surface area (Å²) in [5, 5.41) is 12.1. The second-order valence-corrected chi connectivity index (χ2v) is 4.93. The zero-order valence-corrected chi connectivity index (χ0v) is 13.1. The minimum absolute atomic E-state index is 0.314. The zero-order valence-electron chi connectivity index (χ0n) is 13.1. The third-order valence-electron chi connectivity index (χ3n) is 3.41. The van der Waals surface area contributed by atoms with E-state index in [1.807, 2.05) is 30.3 Å². The van der Waals surface area contributed by atoms with Crippen molar-refractivity contribution in [1.29, 1.82) is 5.26 Å². The number of amides is 1. The molecule has 23 heavy (non-hydrogen) atoms. The second-order valence-electron chi connectivity index (χ2n) is 4.93. The molecule has 0 fully saturated rings. The third kappa shape index (κ3) is 4.24. The van der Waals surface area contributed by atoms with Crippen molar-refractivity contribution < 1.29 is 14.3 Å². The number of nitrogens with zero attached hydrogens (tertiary/aromatic N) is 1. The van der Waals surface area contributed by atoms with Gasteiger partial charge >= 0.3 is 0 Å². The highest BCUT2D eigenvalue weighted by molar-refractivity contribution is 5.95. The van der Waals surface area contributed by atoms with Crippen LogP contribution in [0.3, 0.4) is 0 Å². The van der Waals surface area contributed by atoms with Gasteiger partial charge in [-0.05, 0) is 36.2 Å². The molecule has 2 aromatic rings. The van der Waals surface area contributed by atoms with Crippen LogP contribution in [0, 0.1) is 17.2 Å². The van der Waals surface area contributed by atoms with Gasteiger partial charge in [0.05, 0.1) is 26.0 Å². The van der Waals surface area contributed by atoms with E-state index in [9.17, 15) is 10.1 Å². The molecule has 5 heteroatoms. The van der Waals surface area contributed by atoms with Crippen LogP contribution < -0.4 is 14.8 Å². The molecule has 2 rings (SSSR count). The molecule has 0 unspecified atom stereocenters. The van der Waals surface area contributed by atoms with Gasteiger partial charge in [-0.2, -0.15) is 5.26 Å². The number of nitrogens with one attached hydrogen (secondary N) is 1. The van der Waals surface area contributed by atoms with E-state index >= 15 is 0 Å². The Kier molecular flexibility index (Phi) is 5.59. The van der Waals surface area contributed by atoms with Gasteiger partial charge < -0.3 is 14.8 Å². The summed E-state index contributed by atoms with van der Waals surface area (Å²) >= 11 is 0. The van der Waals surface area contributed by atoms with Gasteiger partial charge in [-0.3, -0.25) is 4.79 Å². The van der Waals surface area contributed by atoms with E-state index in [1.54, 1.807) is 25.3 Å². The minimum atomic E-state index is -0.799. The molecule has 2 aromatic carbocycles. The highest BCUT2D eigenvalue weighted by Gasteiger charge is 2.20. The zero-order chi connectivity index (χ0) is 16.7. The van der Waals surface area contributed by atoms with Crippen molar-refractivity contribution in [3.8, 4) is 17.6 Å². The van der Waals surface area contributed by atoms with Crippen LogP contribution in [0.5, 0.6) is 11.5 Å². The van der Waals surface area contributed by atoms with Crippen LogP contribution in [0.4, 0.5) is 5.69 Å². The lowest BCUT2D eigenvalue weighted by Gasteiger charge is -2.13. The number of methoxy groups -OCH3 is 2. The van der Waals surface area contributed by atoms with Crippen molar-refractivity contribution in [2.75, 3.05) is 19.5 Å². The quantitative estimate of drug-likeness (QED) is 0.890. The van der Waals surface area contributed by atoms with E-state index in [-0.39, 0.29) is 5.91 Å². The number of hydrogen-bond donors (Lipinski definition) is 1.